The van der Waals surface area contributed by atoms with Gasteiger partial charge in [0.25, 0.3) is 5.91 Å². The number of halogens is 1. The zero-order valence-electron chi connectivity index (χ0n) is 12.2. The molecule has 1 saturated heterocycles. The van der Waals surface area contributed by atoms with Crippen molar-refractivity contribution in [1.82, 2.24) is 5.32 Å². The van der Waals surface area contributed by atoms with Crippen molar-refractivity contribution in [2.75, 3.05) is 4.90 Å². The SMILES string of the molecule is CCC1(C)NC(=O)C(C)N(c2cccc(F)c2C)C1=O. The predicted octanol–water partition coefficient (Wildman–Crippen LogP) is 2.15. The lowest BCUT2D eigenvalue weighted by Gasteiger charge is -2.43. The standard InChI is InChI=1S/C15H19FN2O2/c1-5-15(4)14(20)18(10(3)13(19)17-15)12-8-6-7-11(16)9(12)2/h6-8,10H,5H2,1-4H3,(H,17,19). The Labute approximate surface area is 118 Å². The molecule has 20 heavy (non-hydrogen) atoms. The monoisotopic (exact) mass is 278 g/mol. The van der Waals surface area contributed by atoms with Gasteiger partial charge in [-0.2, -0.15) is 0 Å². The maximum Gasteiger partial charge on any atom is 0.253 e. The van der Waals surface area contributed by atoms with Crippen LogP contribution in [0.5, 0.6) is 0 Å². The Balaban J connectivity index is 2.55. The molecule has 2 rings (SSSR count). The second-order valence-electron chi connectivity index (χ2n) is 5.41. The quantitative estimate of drug-likeness (QED) is 0.901. The van der Waals surface area contributed by atoms with Gasteiger partial charge in [0.05, 0.1) is 5.69 Å². The third-order valence-electron chi connectivity index (χ3n) is 4.06. The van der Waals surface area contributed by atoms with E-state index in [-0.39, 0.29) is 17.6 Å². The Kier molecular flexibility index (Phi) is 3.54. The van der Waals surface area contributed by atoms with E-state index in [2.05, 4.69) is 5.32 Å². The van der Waals surface area contributed by atoms with Crippen molar-refractivity contribution < 1.29 is 14.0 Å². The van der Waals surface area contributed by atoms with Crippen molar-refractivity contribution in [3.63, 3.8) is 0 Å². The first-order valence-corrected chi connectivity index (χ1v) is 6.72. The van der Waals surface area contributed by atoms with Crippen LogP contribution in [-0.4, -0.2) is 23.4 Å². The molecule has 2 unspecified atom stereocenters. The third-order valence-corrected chi connectivity index (χ3v) is 4.06. The fourth-order valence-electron chi connectivity index (χ4n) is 2.40. The third kappa shape index (κ3) is 2.07. The van der Waals surface area contributed by atoms with Gasteiger partial charge < -0.3 is 5.32 Å². The van der Waals surface area contributed by atoms with E-state index in [1.165, 1.54) is 11.0 Å². The number of piperazine rings is 1. The minimum Gasteiger partial charge on any atom is -0.340 e. The number of anilines is 1. The smallest absolute Gasteiger partial charge is 0.253 e. The molecule has 0 bridgehead atoms. The number of benzene rings is 1. The summed E-state index contributed by atoms with van der Waals surface area (Å²) in [6.45, 7) is 6.79. The summed E-state index contributed by atoms with van der Waals surface area (Å²) in [5.74, 6) is -0.815. The van der Waals surface area contributed by atoms with Crippen LogP contribution in [0.3, 0.4) is 0 Å². The van der Waals surface area contributed by atoms with Crippen LogP contribution in [-0.2, 0) is 9.59 Å². The molecule has 5 heteroatoms. The summed E-state index contributed by atoms with van der Waals surface area (Å²) in [4.78, 5) is 26.2. The maximum absolute atomic E-state index is 13.7. The summed E-state index contributed by atoms with van der Waals surface area (Å²) in [7, 11) is 0. The van der Waals surface area contributed by atoms with E-state index >= 15 is 0 Å². The molecule has 0 saturated carbocycles. The van der Waals surface area contributed by atoms with Gasteiger partial charge in [-0.15, -0.1) is 0 Å². The van der Waals surface area contributed by atoms with E-state index in [4.69, 9.17) is 0 Å². The molecule has 4 nitrogen and oxygen atoms in total. The van der Waals surface area contributed by atoms with Crippen LogP contribution in [0, 0.1) is 12.7 Å². The number of hydrogen-bond acceptors (Lipinski definition) is 2. The molecule has 1 aliphatic rings. The van der Waals surface area contributed by atoms with Crippen molar-refractivity contribution in [1.29, 1.82) is 0 Å². The fourth-order valence-corrected chi connectivity index (χ4v) is 2.40. The highest BCUT2D eigenvalue weighted by molar-refractivity contribution is 6.10. The van der Waals surface area contributed by atoms with Gasteiger partial charge in [0.1, 0.15) is 17.4 Å². The van der Waals surface area contributed by atoms with Gasteiger partial charge in [0.2, 0.25) is 5.91 Å². The highest BCUT2D eigenvalue weighted by atomic mass is 19.1. The first-order valence-electron chi connectivity index (χ1n) is 6.72. The second-order valence-corrected chi connectivity index (χ2v) is 5.41. The van der Waals surface area contributed by atoms with Crippen molar-refractivity contribution >= 4 is 17.5 Å². The molecule has 0 aliphatic carbocycles. The van der Waals surface area contributed by atoms with E-state index < -0.39 is 11.6 Å². The highest BCUT2D eigenvalue weighted by Crippen LogP contribution is 2.30. The highest BCUT2D eigenvalue weighted by Gasteiger charge is 2.46. The Morgan fingerprint density at radius 1 is 1.40 bits per heavy atom. The first kappa shape index (κ1) is 14.5. The van der Waals surface area contributed by atoms with Crippen LogP contribution in [0.25, 0.3) is 0 Å². The molecule has 1 aromatic rings. The van der Waals surface area contributed by atoms with Gasteiger partial charge in [-0.1, -0.05) is 13.0 Å². The Morgan fingerprint density at radius 3 is 2.65 bits per heavy atom. The minimum absolute atomic E-state index is 0.208. The number of rotatable bonds is 2. The molecule has 1 fully saturated rings. The van der Waals surface area contributed by atoms with Crippen LogP contribution in [0.15, 0.2) is 18.2 Å². The number of carbonyl (C=O) groups is 2. The Morgan fingerprint density at radius 2 is 2.05 bits per heavy atom. The molecule has 1 heterocycles. The van der Waals surface area contributed by atoms with Crippen LogP contribution in [0.4, 0.5) is 10.1 Å². The molecule has 1 aromatic carbocycles. The van der Waals surface area contributed by atoms with Crippen LogP contribution in [0.2, 0.25) is 0 Å². The van der Waals surface area contributed by atoms with Crippen molar-refractivity contribution in [2.45, 2.75) is 45.7 Å². The second kappa shape index (κ2) is 4.89. The van der Waals surface area contributed by atoms with E-state index in [9.17, 15) is 14.0 Å². The van der Waals surface area contributed by atoms with E-state index in [1.807, 2.05) is 6.92 Å². The molecule has 0 aromatic heterocycles. The molecule has 2 amide bonds. The van der Waals surface area contributed by atoms with Gasteiger partial charge >= 0.3 is 0 Å². The number of nitrogens with one attached hydrogen (secondary N) is 1. The minimum atomic E-state index is -0.942. The zero-order chi connectivity index (χ0) is 15.1. The zero-order valence-corrected chi connectivity index (χ0v) is 12.2. The van der Waals surface area contributed by atoms with Crippen molar-refractivity contribution in [3.05, 3.63) is 29.6 Å². The molecule has 2 atom stereocenters. The molecule has 0 radical (unpaired) electrons. The van der Waals surface area contributed by atoms with E-state index in [1.54, 1.807) is 32.9 Å². The van der Waals surface area contributed by atoms with Gasteiger partial charge in [-0.3, -0.25) is 14.5 Å². The summed E-state index contributed by atoms with van der Waals surface area (Å²) in [5, 5.41) is 2.75. The van der Waals surface area contributed by atoms with E-state index in [0.717, 1.165) is 0 Å². The Bertz CT molecular complexity index is 573. The molecule has 108 valence electrons. The lowest BCUT2D eigenvalue weighted by atomic mass is 9.91. The topological polar surface area (TPSA) is 49.4 Å². The van der Waals surface area contributed by atoms with Gasteiger partial charge in [-0.05, 0) is 39.3 Å². The molecule has 1 N–H and O–H groups in total. The number of amides is 2. The molecular formula is C15H19FN2O2. The largest absolute Gasteiger partial charge is 0.340 e. The predicted molar refractivity (Wildman–Crippen MR) is 74.9 cm³/mol. The number of hydrogen-bond donors (Lipinski definition) is 1. The summed E-state index contributed by atoms with van der Waals surface area (Å²) < 4.78 is 13.7. The number of carbonyl (C=O) groups excluding carboxylic acids is 2. The fraction of sp³-hybridized carbons (Fsp3) is 0.467. The van der Waals surface area contributed by atoms with Gasteiger partial charge in [-0.25, -0.2) is 4.39 Å². The lowest BCUT2D eigenvalue weighted by molar-refractivity contribution is -0.137. The summed E-state index contributed by atoms with van der Waals surface area (Å²) >= 11 is 0. The average molecular weight is 278 g/mol. The van der Waals surface area contributed by atoms with Gasteiger partial charge in [0, 0.05) is 5.56 Å². The molecular weight excluding hydrogens is 259 g/mol. The number of nitrogens with zero attached hydrogens (tertiary/aromatic N) is 1. The normalized spacial score (nSPS) is 26.6. The van der Waals surface area contributed by atoms with Crippen molar-refractivity contribution in [2.24, 2.45) is 0 Å². The average Bonchev–Trinajstić information content (AvgIpc) is 2.41. The van der Waals surface area contributed by atoms with Crippen molar-refractivity contribution in [3.8, 4) is 0 Å². The van der Waals surface area contributed by atoms with Crippen LogP contribution >= 0.6 is 0 Å². The molecule has 0 spiro atoms. The summed E-state index contributed by atoms with van der Waals surface area (Å²) in [6.07, 6.45) is 0.481. The van der Waals surface area contributed by atoms with Crippen LogP contribution in [0.1, 0.15) is 32.8 Å². The molecule has 1 aliphatic heterocycles. The summed E-state index contributed by atoms with van der Waals surface area (Å²) in [5.41, 5.74) is -0.111. The lowest BCUT2D eigenvalue weighted by Crippen LogP contribution is -2.68. The van der Waals surface area contributed by atoms with Gasteiger partial charge in [0.15, 0.2) is 0 Å². The van der Waals surface area contributed by atoms with Crippen LogP contribution < -0.4 is 10.2 Å². The summed E-state index contributed by atoms with van der Waals surface area (Å²) in [6, 6.07) is 3.91. The maximum atomic E-state index is 13.7. The Hall–Kier alpha value is -1.91. The first-order chi connectivity index (χ1) is 9.31. The van der Waals surface area contributed by atoms with E-state index in [0.29, 0.717) is 17.7 Å².